The van der Waals surface area contributed by atoms with Crippen molar-refractivity contribution in [2.45, 2.75) is 27.7 Å². The fourth-order valence-corrected chi connectivity index (χ4v) is 3.35. The van der Waals surface area contributed by atoms with Crippen molar-refractivity contribution in [1.29, 1.82) is 0 Å². The quantitative estimate of drug-likeness (QED) is 0.663. The minimum atomic E-state index is -0.0810. The Kier molecular flexibility index (Phi) is 6.30. The van der Waals surface area contributed by atoms with Gasteiger partial charge in [0.05, 0.1) is 5.69 Å². The molecule has 1 amide bonds. The molecule has 0 aliphatic carbocycles. The van der Waals surface area contributed by atoms with Gasteiger partial charge >= 0.3 is 0 Å². The summed E-state index contributed by atoms with van der Waals surface area (Å²) in [6.45, 7) is 10.5. The summed E-state index contributed by atoms with van der Waals surface area (Å²) < 4.78 is 0. The van der Waals surface area contributed by atoms with E-state index in [4.69, 9.17) is 4.99 Å². The number of amides is 1. The molecular formula is C24H29N3O. The second kappa shape index (κ2) is 8.87. The molecule has 1 heterocycles. The first kappa shape index (κ1) is 19.9. The number of hydrogen-bond donors (Lipinski definition) is 0. The predicted octanol–water partition coefficient (Wildman–Crippen LogP) is 5.04. The maximum atomic E-state index is 13.3. The van der Waals surface area contributed by atoms with Crippen molar-refractivity contribution >= 4 is 23.6 Å². The molecule has 0 N–H and O–H groups in total. The summed E-state index contributed by atoms with van der Waals surface area (Å²) in [5.74, 6) is 1.58. The summed E-state index contributed by atoms with van der Waals surface area (Å²) in [7, 11) is 0. The summed E-state index contributed by atoms with van der Waals surface area (Å²) in [5, 5.41) is 0. The van der Waals surface area contributed by atoms with Crippen LogP contribution in [0.3, 0.4) is 0 Å². The number of nitrogens with zero attached hydrogens (tertiary/aromatic N) is 3. The van der Waals surface area contributed by atoms with Crippen LogP contribution in [0.5, 0.6) is 0 Å². The number of hydrogen-bond acceptors (Lipinski definition) is 3. The van der Waals surface area contributed by atoms with Crippen LogP contribution in [0.2, 0.25) is 0 Å². The molecule has 3 rings (SSSR count). The highest BCUT2D eigenvalue weighted by atomic mass is 16.2. The average Bonchev–Trinajstić information content (AvgIpc) is 2.98. The Morgan fingerprint density at radius 1 is 0.893 bits per heavy atom. The summed E-state index contributed by atoms with van der Waals surface area (Å²) in [5.41, 5.74) is 2.30. The van der Waals surface area contributed by atoms with Gasteiger partial charge in [-0.2, -0.15) is 0 Å². The molecule has 1 aliphatic heterocycles. The number of guanidine groups is 1. The molecule has 0 radical (unpaired) electrons. The zero-order chi connectivity index (χ0) is 20.1. The van der Waals surface area contributed by atoms with Gasteiger partial charge in [-0.15, -0.1) is 0 Å². The number of carbonyl (C=O) groups excluding carboxylic acids is 1. The van der Waals surface area contributed by atoms with Gasteiger partial charge < -0.3 is 4.90 Å². The smallest absolute Gasteiger partial charge is 0.283 e. The number of para-hydroxylation sites is 1. The molecule has 146 valence electrons. The van der Waals surface area contributed by atoms with Gasteiger partial charge in [-0.3, -0.25) is 4.79 Å². The number of aliphatic imine (C=N–C) groups is 1. The fourth-order valence-electron chi connectivity index (χ4n) is 3.35. The van der Waals surface area contributed by atoms with E-state index in [0.29, 0.717) is 17.5 Å². The lowest BCUT2D eigenvalue weighted by Gasteiger charge is -2.32. The maximum absolute atomic E-state index is 13.3. The third kappa shape index (κ3) is 4.69. The molecule has 0 fully saturated rings. The van der Waals surface area contributed by atoms with Crippen molar-refractivity contribution in [3.63, 3.8) is 0 Å². The van der Waals surface area contributed by atoms with Crippen LogP contribution in [0.4, 0.5) is 5.69 Å². The minimum absolute atomic E-state index is 0.0810. The Hall–Kier alpha value is -2.88. The summed E-state index contributed by atoms with van der Waals surface area (Å²) >= 11 is 0. The van der Waals surface area contributed by atoms with Crippen molar-refractivity contribution in [2.75, 3.05) is 18.0 Å². The van der Waals surface area contributed by atoms with Gasteiger partial charge in [0.25, 0.3) is 5.91 Å². The van der Waals surface area contributed by atoms with E-state index in [1.54, 1.807) is 4.90 Å². The molecular weight excluding hydrogens is 346 g/mol. The first-order valence-corrected chi connectivity index (χ1v) is 9.95. The second-order valence-corrected chi connectivity index (χ2v) is 8.02. The lowest BCUT2D eigenvalue weighted by Crippen LogP contribution is -2.46. The van der Waals surface area contributed by atoms with E-state index in [-0.39, 0.29) is 5.91 Å². The van der Waals surface area contributed by atoms with E-state index in [1.807, 2.05) is 66.7 Å². The van der Waals surface area contributed by atoms with Crippen molar-refractivity contribution in [3.05, 3.63) is 71.9 Å². The van der Waals surface area contributed by atoms with E-state index in [0.717, 1.165) is 30.3 Å². The molecule has 0 spiro atoms. The largest absolute Gasteiger partial charge is 0.341 e. The van der Waals surface area contributed by atoms with Crippen LogP contribution in [0.15, 0.2) is 71.4 Å². The highest BCUT2D eigenvalue weighted by Crippen LogP contribution is 2.27. The van der Waals surface area contributed by atoms with Crippen LogP contribution in [-0.4, -0.2) is 29.9 Å². The molecule has 1 aliphatic rings. The Labute approximate surface area is 168 Å². The van der Waals surface area contributed by atoms with Gasteiger partial charge in [0.2, 0.25) is 5.96 Å². The maximum Gasteiger partial charge on any atom is 0.283 e. The van der Waals surface area contributed by atoms with Crippen molar-refractivity contribution in [3.8, 4) is 0 Å². The van der Waals surface area contributed by atoms with Gasteiger partial charge in [-0.05, 0) is 35.6 Å². The SMILES string of the molecule is CC(C)CN(CC(C)C)C1=NC(=Cc2ccccc2)C(=O)N1c1ccccc1. The first-order chi connectivity index (χ1) is 13.5. The van der Waals surface area contributed by atoms with Gasteiger partial charge in [-0.25, -0.2) is 9.89 Å². The number of benzene rings is 2. The van der Waals surface area contributed by atoms with Crippen molar-refractivity contribution < 1.29 is 4.79 Å². The van der Waals surface area contributed by atoms with E-state index in [1.165, 1.54) is 0 Å². The third-order valence-corrected chi connectivity index (χ3v) is 4.41. The summed E-state index contributed by atoms with van der Waals surface area (Å²) in [4.78, 5) is 22.1. The number of anilines is 1. The van der Waals surface area contributed by atoms with Crippen molar-refractivity contribution in [2.24, 2.45) is 16.8 Å². The lowest BCUT2D eigenvalue weighted by molar-refractivity contribution is -0.113. The van der Waals surface area contributed by atoms with Crippen LogP contribution in [0.25, 0.3) is 6.08 Å². The summed E-state index contributed by atoms with van der Waals surface area (Å²) in [6.07, 6.45) is 1.87. The molecule has 0 aromatic heterocycles. The molecule has 0 saturated carbocycles. The highest BCUT2D eigenvalue weighted by Gasteiger charge is 2.35. The van der Waals surface area contributed by atoms with Crippen LogP contribution in [-0.2, 0) is 4.79 Å². The number of carbonyl (C=O) groups is 1. The minimum Gasteiger partial charge on any atom is -0.341 e. The zero-order valence-electron chi connectivity index (χ0n) is 17.2. The van der Waals surface area contributed by atoms with Crippen LogP contribution in [0.1, 0.15) is 33.3 Å². The van der Waals surface area contributed by atoms with E-state index in [2.05, 4.69) is 32.6 Å². The molecule has 4 nitrogen and oxygen atoms in total. The molecule has 0 atom stereocenters. The van der Waals surface area contributed by atoms with Crippen molar-refractivity contribution in [1.82, 2.24) is 4.90 Å². The average molecular weight is 376 g/mol. The molecule has 0 unspecified atom stereocenters. The Morgan fingerprint density at radius 2 is 1.43 bits per heavy atom. The van der Waals surface area contributed by atoms with Crippen LogP contribution in [0, 0.1) is 11.8 Å². The third-order valence-electron chi connectivity index (χ3n) is 4.41. The predicted molar refractivity (Wildman–Crippen MR) is 117 cm³/mol. The molecule has 0 saturated heterocycles. The number of rotatable bonds is 6. The van der Waals surface area contributed by atoms with Gasteiger partial charge in [-0.1, -0.05) is 76.2 Å². The molecule has 2 aromatic rings. The van der Waals surface area contributed by atoms with E-state index in [9.17, 15) is 4.79 Å². The Morgan fingerprint density at radius 3 is 1.96 bits per heavy atom. The topological polar surface area (TPSA) is 35.9 Å². The highest BCUT2D eigenvalue weighted by molar-refractivity contribution is 6.28. The lowest BCUT2D eigenvalue weighted by atomic mass is 10.1. The van der Waals surface area contributed by atoms with Crippen LogP contribution < -0.4 is 4.90 Å². The van der Waals surface area contributed by atoms with E-state index < -0.39 is 0 Å². The molecule has 28 heavy (non-hydrogen) atoms. The van der Waals surface area contributed by atoms with Gasteiger partial charge in [0, 0.05) is 13.1 Å². The van der Waals surface area contributed by atoms with Gasteiger partial charge in [0.15, 0.2) is 0 Å². The fraction of sp³-hybridized carbons (Fsp3) is 0.333. The zero-order valence-corrected chi connectivity index (χ0v) is 17.2. The molecule has 2 aromatic carbocycles. The van der Waals surface area contributed by atoms with E-state index >= 15 is 0 Å². The Balaban J connectivity index is 2.05. The Bertz CT molecular complexity index is 844. The van der Waals surface area contributed by atoms with Gasteiger partial charge in [0.1, 0.15) is 5.70 Å². The van der Waals surface area contributed by atoms with Crippen LogP contribution >= 0.6 is 0 Å². The molecule has 4 heteroatoms. The first-order valence-electron chi connectivity index (χ1n) is 9.95. The second-order valence-electron chi connectivity index (χ2n) is 8.02. The molecule has 0 bridgehead atoms. The summed E-state index contributed by atoms with van der Waals surface area (Å²) in [6, 6.07) is 19.7. The monoisotopic (exact) mass is 375 g/mol. The normalized spacial score (nSPS) is 15.6. The standard InChI is InChI=1S/C24H29N3O/c1-18(2)16-26(17-19(3)4)24-25-22(15-20-11-7-5-8-12-20)23(28)27(24)21-13-9-6-10-14-21/h5-15,18-19H,16-17H2,1-4H3.